The minimum Gasteiger partial charge on any atom is -0.497 e. The molecule has 0 aliphatic carbocycles. The molecule has 0 heterocycles. The summed E-state index contributed by atoms with van der Waals surface area (Å²) in [5.74, 6) is 0.705. The van der Waals surface area contributed by atoms with E-state index < -0.39 is 10.0 Å². The van der Waals surface area contributed by atoms with Crippen LogP contribution in [0.4, 0.5) is 0 Å². The molecule has 0 aliphatic rings. The van der Waals surface area contributed by atoms with Crippen LogP contribution in [0.3, 0.4) is 0 Å². The fourth-order valence-corrected chi connectivity index (χ4v) is 4.01. The highest BCUT2D eigenvalue weighted by Crippen LogP contribution is 2.24. The Labute approximate surface area is 184 Å². The van der Waals surface area contributed by atoms with Crippen LogP contribution < -0.4 is 10.1 Å². The number of ether oxygens (including phenoxy) is 1. The van der Waals surface area contributed by atoms with E-state index in [4.69, 9.17) is 16.3 Å². The van der Waals surface area contributed by atoms with Crippen LogP contribution in [0, 0.1) is 5.92 Å². The predicted octanol–water partition coefficient (Wildman–Crippen LogP) is 4.01. The number of nitrogens with zero attached hydrogens (tertiary/aromatic N) is 1. The van der Waals surface area contributed by atoms with Crippen LogP contribution in [0.15, 0.2) is 48.5 Å². The Morgan fingerprint density at radius 1 is 1.13 bits per heavy atom. The molecule has 0 fully saturated rings. The summed E-state index contributed by atoms with van der Waals surface area (Å²) >= 11 is 6.17. The van der Waals surface area contributed by atoms with E-state index in [1.54, 1.807) is 31.4 Å². The minimum absolute atomic E-state index is 0.0311. The molecule has 164 valence electrons. The monoisotopic (exact) mass is 452 g/mol. The van der Waals surface area contributed by atoms with Crippen molar-refractivity contribution in [3.05, 3.63) is 64.7 Å². The molecule has 0 unspecified atom stereocenters. The van der Waals surface area contributed by atoms with Gasteiger partial charge in [-0.05, 0) is 41.7 Å². The van der Waals surface area contributed by atoms with Gasteiger partial charge >= 0.3 is 0 Å². The lowest BCUT2D eigenvalue weighted by atomic mass is 9.97. The quantitative estimate of drug-likeness (QED) is 0.590. The number of hydrogen-bond acceptors (Lipinski definition) is 4. The number of nitrogens with one attached hydrogen (secondary N) is 1. The lowest BCUT2D eigenvalue weighted by molar-refractivity contribution is -0.122. The number of halogens is 1. The first-order chi connectivity index (χ1) is 14.1. The van der Waals surface area contributed by atoms with Gasteiger partial charge in [0, 0.05) is 11.6 Å². The van der Waals surface area contributed by atoms with Crippen LogP contribution in [-0.2, 0) is 21.4 Å². The van der Waals surface area contributed by atoms with Crippen molar-refractivity contribution in [1.82, 2.24) is 9.62 Å². The minimum atomic E-state index is -3.61. The fourth-order valence-electron chi connectivity index (χ4n) is 3.09. The summed E-state index contributed by atoms with van der Waals surface area (Å²) in [6, 6.07) is 14.3. The molecule has 8 heteroatoms. The number of rotatable bonds is 10. The van der Waals surface area contributed by atoms with Gasteiger partial charge in [0.1, 0.15) is 5.75 Å². The average Bonchev–Trinajstić information content (AvgIpc) is 2.67. The maximum Gasteiger partial charge on any atom is 0.235 e. The summed E-state index contributed by atoms with van der Waals surface area (Å²) in [4.78, 5) is 12.8. The molecule has 30 heavy (non-hydrogen) atoms. The zero-order valence-electron chi connectivity index (χ0n) is 17.8. The Hall–Kier alpha value is -2.09. The Balaban J connectivity index is 2.16. The van der Waals surface area contributed by atoms with E-state index in [2.05, 4.69) is 19.2 Å². The van der Waals surface area contributed by atoms with Crippen molar-refractivity contribution >= 4 is 27.5 Å². The third-order valence-electron chi connectivity index (χ3n) is 4.65. The second-order valence-corrected chi connectivity index (χ2v) is 10.0. The average molecular weight is 453 g/mol. The zero-order chi connectivity index (χ0) is 22.3. The molecule has 0 aromatic heterocycles. The van der Waals surface area contributed by atoms with Gasteiger partial charge in [0.15, 0.2) is 0 Å². The molecule has 1 amide bonds. The number of hydrogen-bond donors (Lipinski definition) is 1. The maximum atomic E-state index is 12.8. The summed E-state index contributed by atoms with van der Waals surface area (Å²) in [6.45, 7) is 3.89. The van der Waals surface area contributed by atoms with Crippen molar-refractivity contribution < 1.29 is 17.9 Å². The van der Waals surface area contributed by atoms with Crippen molar-refractivity contribution in [3.8, 4) is 5.75 Å². The van der Waals surface area contributed by atoms with Gasteiger partial charge in [-0.3, -0.25) is 4.79 Å². The number of benzene rings is 2. The van der Waals surface area contributed by atoms with E-state index >= 15 is 0 Å². The van der Waals surface area contributed by atoms with E-state index in [-0.39, 0.29) is 25.0 Å². The van der Waals surface area contributed by atoms with E-state index in [0.717, 1.165) is 28.3 Å². The molecule has 6 nitrogen and oxygen atoms in total. The highest BCUT2D eigenvalue weighted by atomic mass is 35.5. The largest absolute Gasteiger partial charge is 0.497 e. The van der Waals surface area contributed by atoms with E-state index in [9.17, 15) is 13.2 Å². The van der Waals surface area contributed by atoms with E-state index in [1.165, 1.54) is 0 Å². The molecule has 0 bridgehead atoms. The maximum absolute atomic E-state index is 12.8. The van der Waals surface area contributed by atoms with Crippen LogP contribution >= 0.6 is 11.6 Å². The van der Waals surface area contributed by atoms with Gasteiger partial charge in [-0.25, -0.2) is 8.42 Å². The molecule has 2 aromatic rings. The van der Waals surface area contributed by atoms with E-state index in [0.29, 0.717) is 16.5 Å². The Kier molecular flexibility index (Phi) is 8.70. The fraction of sp³-hybridized carbons (Fsp3) is 0.409. The smallest absolute Gasteiger partial charge is 0.235 e. The lowest BCUT2D eigenvalue weighted by Crippen LogP contribution is -2.41. The van der Waals surface area contributed by atoms with Crippen molar-refractivity contribution in [3.63, 3.8) is 0 Å². The van der Waals surface area contributed by atoms with E-state index in [1.807, 2.05) is 24.3 Å². The van der Waals surface area contributed by atoms with Gasteiger partial charge in [-0.15, -0.1) is 0 Å². The second-order valence-electron chi connectivity index (χ2n) is 7.65. The summed E-state index contributed by atoms with van der Waals surface area (Å²) in [6.07, 6.45) is 1.81. The summed E-state index contributed by atoms with van der Waals surface area (Å²) in [5, 5.41) is 3.45. The first kappa shape index (κ1) is 24.2. The number of carbonyl (C=O) groups excluding carboxylic acids is 1. The van der Waals surface area contributed by atoms with Gasteiger partial charge in [0.2, 0.25) is 15.9 Å². The molecule has 1 N–H and O–H groups in total. The van der Waals surface area contributed by atoms with Gasteiger partial charge in [0.25, 0.3) is 0 Å². The molecule has 0 radical (unpaired) electrons. The first-order valence-electron chi connectivity index (χ1n) is 9.72. The van der Waals surface area contributed by atoms with Gasteiger partial charge in [0.05, 0.1) is 26.0 Å². The van der Waals surface area contributed by atoms with Crippen molar-refractivity contribution in [2.75, 3.05) is 19.9 Å². The topological polar surface area (TPSA) is 75.7 Å². The van der Waals surface area contributed by atoms with Gasteiger partial charge in [-0.2, -0.15) is 4.31 Å². The summed E-state index contributed by atoms with van der Waals surface area (Å²) in [7, 11) is -2.01. The number of amides is 1. The SMILES string of the molecule is COc1ccc([C@@H](CC(C)C)NC(=O)CN(Cc2ccccc2Cl)S(C)(=O)=O)cc1. The van der Waals surface area contributed by atoms with Crippen molar-refractivity contribution in [2.45, 2.75) is 32.9 Å². The van der Waals surface area contributed by atoms with Crippen LogP contribution in [-0.4, -0.2) is 38.5 Å². The number of carbonyl (C=O) groups is 1. The Morgan fingerprint density at radius 3 is 2.30 bits per heavy atom. The molecule has 0 aliphatic heterocycles. The molecule has 0 saturated heterocycles. The summed E-state index contributed by atoms with van der Waals surface area (Å²) in [5.41, 5.74) is 1.58. The van der Waals surface area contributed by atoms with Crippen LogP contribution in [0.25, 0.3) is 0 Å². The Bertz CT molecular complexity index is 946. The van der Waals surface area contributed by atoms with Crippen LogP contribution in [0.2, 0.25) is 5.02 Å². The molecule has 2 aromatic carbocycles. The normalized spacial score (nSPS) is 12.8. The zero-order valence-corrected chi connectivity index (χ0v) is 19.3. The molecular formula is C22H29ClN2O4S. The van der Waals surface area contributed by atoms with Crippen molar-refractivity contribution in [1.29, 1.82) is 0 Å². The molecule has 0 saturated carbocycles. The molecular weight excluding hydrogens is 424 g/mol. The van der Waals surface area contributed by atoms with Crippen LogP contribution in [0.5, 0.6) is 5.75 Å². The number of methoxy groups -OCH3 is 1. The third kappa shape index (κ3) is 7.31. The summed E-state index contributed by atoms with van der Waals surface area (Å²) < 4.78 is 30.9. The molecule has 1 atom stereocenters. The first-order valence-corrected chi connectivity index (χ1v) is 11.9. The third-order valence-corrected chi connectivity index (χ3v) is 6.22. The second kappa shape index (κ2) is 10.8. The molecule has 2 rings (SSSR count). The standard InChI is InChI=1S/C22H29ClN2O4S/c1-16(2)13-21(17-9-11-19(29-3)12-10-17)24-22(26)15-25(30(4,27)28)14-18-7-5-6-8-20(18)23/h5-12,16,21H,13-15H2,1-4H3,(H,24,26)/t21-/m1/s1. The highest BCUT2D eigenvalue weighted by Gasteiger charge is 2.24. The predicted molar refractivity (Wildman–Crippen MR) is 120 cm³/mol. The Morgan fingerprint density at radius 2 is 1.77 bits per heavy atom. The van der Waals surface area contributed by atoms with Crippen LogP contribution in [0.1, 0.15) is 37.4 Å². The lowest BCUT2D eigenvalue weighted by Gasteiger charge is -2.24. The highest BCUT2D eigenvalue weighted by molar-refractivity contribution is 7.88. The number of sulfonamides is 1. The molecule has 0 spiro atoms. The van der Waals surface area contributed by atoms with Gasteiger partial charge in [-0.1, -0.05) is 55.8 Å². The van der Waals surface area contributed by atoms with Gasteiger partial charge < -0.3 is 10.1 Å². The van der Waals surface area contributed by atoms with Crippen molar-refractivity contribution in [2.24, 2.45) is 5.92 Å².